The van der Waals surface area contributed by atoms with Gasteiger partial charge < -0.3 is 0 Å². The molecule has 3 heterocycles. The Labute approximate surface area is 136 Å². The molecule has 1 unspecified atom stereocenters. The van der Waals surface area contributed by atoms with Gasteiger partial charge in [0.2, 0.25) is 0 Å². The third-order valence-electron chi connectivity index (χ3n) is 4.53. The molecule has 1 aliphatic heterocycles. The highest BCUT2D eigenvalue weighted by molar-refractivity contribution is 6.29. The van der Waals surface area contributed by atoms with Gasteiger partial charge in [0.05, 0.1) is 0 Å². The van der Waals surface area contributed by atoms with Crippen LogP contribution in [0.15, 0.2) is 36.7 Å². The summed E-state index contributed by atoms with van der Waals surface area (Å²) in [5, 5.41) is 0.526. The first-order valence-electron chi connectivity index (χ1n) is 7.74. The summed E-state index contributed by atoms with van der Waals surface area (Å²) in [4.78, 5) is 12.5. The van der Waals surface area contributed by atoms with Gasteiger partial charge in [-0.2, -0.15) is 0 Å². The monoisotopic (exact) mass is 314 g/mol. The lowest BCUT2D eigenvalue weighted by molar-refractivity contribution is -0.489. The number of pyridine rings is 2. The van der Waals surface area contributed by atoms with E-state index in [0.717, 1.165) is 18.5 Å². The molecule has 0 spiro atoms. The van der Waals surface area contributed by atoms with E-state index in [4.69, 9.17) is 11.6 Å². The second-order valence-corrected chi connectivity index (χ2v) is 6.43. The van der Waals surface area contributed by atoms with Gasteiger partial charge in [-0.25, -0.2) is 9.98 Å². The van der Waals surface area contributed by atoms with Crippen molar-refractivity contribution >= 4 is 17.3 Å². The van der Waals surface area contributed by atoms with Crippen LogP contribution in [-0.4, -0.2) is 21.7 Å². The second kappa shape index (κ2) is 5.81. The number of hydrogen-bond acceptors (Lipinski definition) is 2. The van der Waals surface area contributed by atoms with E-state index in [-0.39, 0.29) is 5.41 Å². The van der Waals surface area contributed by atoms with Crippen LogP contribution in [0, 0.1) is 6.92 Å². The van der Waals surface area contributed by atoms with Crippen LogP contribution in [0.2, 0.25) is 5.15 Å². The van der Waals surface area contributed by atoms with Gasteiger partial charge in [0.15, 0.2) is 5.71 Å². The van der Waals surface area contributed by atoms with Crippen LogP contribution < -0.4 is 4.99 Å². The fourth-order valence-corrected chi connectivity index (χ4v) is 3.67. The van der Waals surface area contributed by atoms with Gasteiger partial charge >= 0.3 is 0 Å². The number of nitrogens with zero attached hydrogens (tertiary/aromatic N) is 2. The van der Waals surface area contributed by atoms with E-state index in [1.54, 1.807) is 0 Å². The zero-order valence-electron chi connectivity index (χ0n) is 13.2. The van der Waals surface area contributed by atoms with Crippen molar-refractivity contribution in [2.45, 2.75) is 45.1 Å². The summed E-state index contributed by atoms with van der Waals surface area (Å²) in [5.41, 5.74) is 4.58. The van der Waals surface area contributed by atoms with Crippen molar-refractivity contribution in [3.05, 3.63) is 58.6 Å². The van der Waals surface area contributed by atoms with Gasteiger partial charge in [0.1, 0.15) is 16.6 Å². The maximum atomic E-state index is 5.98. The molecule has 2 atom stereocenters. The van der Waals surface area contributed by atoms with E-state index in [2.05, 4.69) is 47.0 Å². The van der Waals surface area contributed by atoms with E-state index in [1.165, 1.54) is 16.8 Å². The standard InChI is InChI=1S/C18H20ClN3/c1-4-16-18(9-13(3)22-16,14-6-5-12(2)20-10-14)15-7-8-17(19)21-11-15/h5-8,10-11,13H,4,9H2,1-3H3/p+1/t13-,18?/m0/s1. The minimum Gasteiger partial charge on any atom is -0.261 e. The normalized spacial score (nSPS) is 24.4. The highest BCUT2D eigenvalue weighted by Crippen LogP contribution is 2.39. The molecule has 4 heteroatoms. The molecular formula is C18H21ClN3+. The van der Waals surface area contributed by atoms with Crippen LogP contribution in [-0.2, 0) is 5.41 Å². The van der Waals surface area contributed by atoms with Crippen molar-refractivity contribution < 1.29 is 4.99 Å². The van der Waals surface area contributed by atoms with Crippen molar-refractivity contribution in [1.82, 2.24) is 9.97 Å². The molecule has 3 rings (SSSR count). The summed E-state index contributed by atoms with van der Waals surface area (Å²) >= 11 is 5.98. The quantitative estimate of drug-likeness (QED) is 0.884. The average molecular weight is 315 g/mol. The Balaban J connectivity index is 2.21. The van der Waals surface area contributed by atoms with Crippen LogP contribution >= 0.6 is 11.6 Å². The molecule has 22 heavy (non-hydrogen) atoms. The zero-order chi connectivity index (χ0) is 15.7. The highest BCUT2D eigenvalue weighted by atomic mass is 35.5. The van der Waals surface area contributed by atoms with Crippen LogP contribution in [0.1, 0.15) is 43.5 Å². The van der Waals surface area contributed by atoms with E-state index < -0.39 is 0 Å². The van der Waals surface area contributed by atoms with Gasteiger partial charge in [-0.1, -0.05) is 30.7 Å². The lowest BCUT2D eigenvalue weighted by atomic mass is 9.69. The molecule has 3 nitrogen and oxygen atoms in total. The summed E-state index contributed by atoms with van der Waals surface area (Å²) < 4.78 is 0. The summed E-state index contributed by atoms with van der Waals surface area (Å²) in [6.45, 7) is 6.43. The molecular weight excluding hydrogens is 294 g/mol. The molecule has 0 saturated carbocycles. The van der Waals surface area contributed by atoms with E-state index >= 15 is 0 Å². The van der Waals surface area contributed by atoms with Gasteiger partial charge in [0.25, 0.3) is 0 Å². The predicted molar refractivity (Wildman–Crippen MR) is 89.3 cm³/mol. The summed E-state index contributed by atoms with van der Waals surface area (Å²) in [5.74, 6) is 0. The van der Waals surface area contributed by atoms with Crippen LogP contribution in [0.4, 0.5) is 0 Å². The minimum absolute atomic E-state index is 0.174. The molecule has 0 aromatic carbocycles. The van der Waals surface area contributed by atoms with Crippen molar-refractivity contribution in [3.8, 4) is 0 Å². The largest absolute Gasteiger partial charge is 0.261 e. The van der Waals surface area contributed by atoms with Crippen LogP contribution in [0.25, 0.3) is 0 Å². The fraction of sp³-hybridized carbons (Fsp3) is 0.389. The molecule has 0 bridgehead atoms. The number of nitrogens with one attached hydrogen (secondary N) is 1. The first kappa shape index (κ1) is 15.2. The molecule has 0 saturated heterocycles. The molecule has 0 amide bonds. The second-order valence-electron chi connectivity index (χ2n) is 6.04. The van der Waals surface area contributed by atoms with Gasteiger partial charge in [-0.15, -0.1) is 0 Å². The molecule has 1 N–H and O–H groups in total. The topological polar surface area (TPSA) is 39.8 Å². The number of hydrogen-bond donors (Lipinski definition) is 1. The van der Waals surface area contributed by atoms with E-state index in [1.807, 2.05) is 25.4 Å². The lowest BCUT2D eigenvalue weighted by Gasteiger charge is -2.28. The van der Waals surface area contributed by atoms with Gasteiger partial charge in [-0.05, 0) is 37.1 Å². The highest BCUT2D eigenvalue weighted by Gasteiger charge is 2.49. The fourth-order valence-electron chi connectivity index (χ4n) is 3.56. The Morgan fingerprint density at radius 3 is 2.41 bits per heavy atom. The minimum atomic E-state index is -0.174. The van der Waals surface area contributed by atoms with Crippen molar-refractivity contribution in [2.24, 2.45) is 0 Å². The summed E-state index contributed by atoms with van der Waals surface area (Å²) in [7, 11) is 0. The van der Waals surface area contributed by atoms with Gasteiger partial charge in [0, 0.05) is 30.9 Å². The third-order valence-corrected chi connectivity index (χ3v) is 4.75. The number of rotatable bonds is 3. The average Bonchev–Trinajstić information content (AvgIpc) is 2.86. The van der Waals surface area contributed by atoms with Crippen LogP contribution in [0.3, 0.4) is 0 Å². The molecule has 0 radical (unpaired) electrons. The number of aromatic nitrogens is 2. The Kier molecular flexibility index (Phi) is 4.00. The first-order chi connectivity index (χ1) is 10.6. The van der Waals surface area contributed by atoms with E-state index in [0.29, 0.717) is 11.2 Å². The molecule has 0 aliphatic carbocycles. The summed E-state index contributed by atoms with van der Waals surface area (Å²) in [6, 6.07) is 8.65. The predicted octanol–water partition coefficient (Wildman–Crippen LogP) is 2.45. The number of aryl methyl sites for hydroxylation is 1. The maximum absolute atomic E-state index is 5.98. The van der Waals surface area contributed by atoms with Crippen molar-refractivity contribution in [2.75, 3.05) is 0 Å². The summed E-state index contributed by atoms with van der Waals surface area (Å²) in [6.07, 6.45) is 5.88. The van der Waals surface area contributed by atoms with Gasteiger partial charge in [-0.3, -0.25) is 4.98 Å². The maximum Gasteiger partial charge on any atom is 0.166 e. The zero-order valence-corrected chi connectivity index (χ0v) is 14.0. The van der Waals surface area contributed by atoms with Crippen molar-refractivity contribution in [1.29, 1.82) is 0 Å². The molecule has 2 aromatic heterocycles. The smallest absolute Gasteiger partial charge is 0.166 e. The molecule has 1 aliphatic rings. The van der Waals surface area contributed by atoms with Crippen LogP contribution in [0.5, 0.6) is 0 Å². The molecule has 2 aromatic rings. The molecule has 114 valence electrons. The Morgan fingerprint density at radius 2 is 1.86 bits per heavy atom. The Bertz CT molecular complexity index is 644. The SMILES string of the molecule is CCC1=[NH+][C@@H](C)CC1(c1ccc(C)nc1)c1ccc(Cl)nc1. The third kappa shape index (κ3) is 2.44. The van der Waals surface area contributed by atoms with Crippen molar-refractivity contribution in [3.63, 3.8) is 0 Å². The Hall–Kier alpha value is -1.74. The lowest BCUT2D eigenvalue weighted by Crippen LogP contribution is -2.75. The van der Waals surface area contributed by atoms with E-state index in [9.17, 15) is 0 Å². The first-order valence-corrected chi connectivity index (χ1v) is 8.12. The number of halogens is 1. The molecule has 0 fully saturated rings. The Morgan fingerprint density at radius 1 is 1.18 bits per heavy atom.